The van der Waals surface area contributed by atoms with E-state index in [4.69, 9.17) is 0 Å². The van der Waals surface area contributed by atoms with Crippen LogP contribution in [0.4, 0.5) is 8.78 Å². The molecule has 2 aromatic rings. The number of amides is 1. The van der Waals surface area contributed by atoms with Gasteiger partial charge in [0.1, 0.15) is 11.6 Å². The molecule has 4 heteroatoms. The van der Waals surface area contributed by atoms with E-state index in [1.54, 1.807) is 32.9 Å². The maximum Gasteiger partial charge on any atom is 0.252 e. The fraction of sp³-hybridized carbons (Fsp3) is 0.235. The average molecular weight is 289 g/mol. The SMILES string of the molecule is Cc1ccc(C(C)NC(=O)c2ccc(F)cc2C)cc1F. The molecule has 0 aromatic heterocycles. The lowest BCUT2D eigenvalue weighted by Gasteiger charge is -2.16. The van der Waals surface area contributed by atoms with Gasteiger partial charge in [0, 0.05) is 5.56 Å². The molecule has 1 unspecified atom stereocenters. The Morgan fingerprint density at radius 1 is 1.05 bits per heavy atom. The van der Waals surface area contributed by atoms with Gasteiger partial charge in [0.05, 0.1) is 6.04 Å². The highest BCUT2D eigenvalue weighted by atomic mass is 19.1. The highest BCUT2D eigenvalue weighted by Crippen LogP contribution is 2.18. The number of carbonyl (C=O) groups excluding carboxylic acids is 1. The first-order chi connectivity index (χ1) is 9.88. The molecular formula is C17H17F2NO. The van der Waals surface area contributed by atoms with Crippen LogP contribution in [-0.2, 0) is 0 Å². The smallest absolute Gasteiger partial charge is 0.252 e. The first kappa shape index (κ1) is 15.2. The number of carbonyl (C=O) groups is 1. The zero-order valence-corrected chi connectivity index (χ0v) is 12.2. The van der Waals surface area contributed by atoms with Crippen molar-refractivity contribution < 1.29 is 13.6 Å². The van der Waals surface area contributed by atoms with Crippen molar-refractivity contribution in [2.24, 2.45) is 0 Å². The summed E-state index contributed by atoms with van der Waals surface area (Å²) in [6, 6.07) is 8.54. The minimum Gasteiger partial charge on any atom is -0.346 e. The molecule has 0 saturated carbocycles. The molecule has 0 fully saturated rings. The molecule has 2 nitrogen and oxygen atoms in total. The molecule has 0 aliphatic carbocycles. The topological polar surface area (TPSA) is 29.1 Å². The van der Waals surface area contributed by atoms with Crippen molar-refractivity contribution in [2.45, 2.75) is 26.8 Å². The Morgan fingerprint density at radius 2 is 1.76 bits per heavy atom. The lowest BCUT2D eigenvalue weighted by molar-refractivity contribution is 0.0939. The molecule has 1 atom stereocenters. The van der Waals surface area contributed by atoms with E-state index in [0.717, 1.165) is 0 Å². The van der Waals surface area contributed by atoms with Gasteiger partial charge in [-0.2, -0.15) is 0 Å². The highest BCUT2D eigenvalue weighted by Gasteiger charge is 2.14. The molecule has 21 heavy (non-hydrogen) atoms. The standard InChI is InChI=1S/C17H17F2NO/c1-10-4-5-13(9-16(10)19)12(3)20-17(21)15-7-6-14(18)8-11(15)2/h4-9,12H,1-3H3,(H,20,21). The molecule has 0 radical (unpaired) electrons. The van der Waals surface area contributed by atoms with E-state index >= 15 is 0 Å². The van der Waals surface area contributed by atoms with Crippen LogP contribution in [0.2, 0.25) is 0 Å². The van der Waals surface area contributed by atoms with Crippen LogP contribution in [0.5, 0.6) is 0 Å². The van der Waals surface area contributed by atoms with Crippen LogP contribution in [0.1, 0.15) is 40.0 Å². The molecule has 2 rings (SSSR count). The van der Waals surface area contributed by atoms with Gasteiger partial charge < -0.3 is 5.32 Å². The quantitative estimate of drug-likeness (QED) is 0.906. The number of aryl methyl sites for hydroxylation is 2. The molecule has 0 aliphatic rings. The van der Waals surface area contributed by atoms with Gasteiger partial charge >= 0.3 is 0 Å². The van der Waals surface area contributed by atoms with E-state index in [1.807, 2.05) is 0 Å². The summed E-state index contributed by atoms with van der Waals surface area (Å²) < 4.78 is 26.6. The molecule has 1 N–H and O–H groups in total. The Morgan fingerprint density at radius 3 is 2.38 bits per heavy atom. The van der Waals surface area contributed by atoms with Crippen LogP contribution in [-0.4, -0.2) is 5.91 Å². The molecule has 0 bridgehead atoms. The van der Waals surface area contributed by atoms with E-state index in [9.17, 15) is 13.6 Å². The van der Waals surface area contributed by atoms with Gasteiger partial charge in [-0.3, -0.25) is 4.79 Å². The number of hydrogen-bond acceptors (Lipinski definition) is 1. The van der Waals surface area contributed by atoms with Gasteiger partial charge in [-0.1, -0.05) is 12.1 Å². The van der Waals surface area contributed by atoms with Crippen LogP contribution >= 0.6 is 0 Å². The number of halogens is 2. The van der Waals surface area contributed by atoms with Crippen LogP contribution in [0.25, 0.3) is 0 Å². The Kier molecular flexibility index (Phi) is 4.36. The summed E-state index contributed by atoms with van der Waals surface area (Å²) in [4.78, 5) is 12.2. The molecule has 0 heterocycles. The van der Waals surface area contributed by atoms with E-state index in [2.05, 4.69) is 5.32 Å². The second kappa shape index (κ2) is 6.04. The van der Waals surface area contributed by atoms with Gasteiger partial charge in [0.15, 0.2) is 0 Å². The molecular weight excluding hydrogens is 272 g/mol. The number of hydrogen-bond donors (Lipinski definition) is 1. The zero-order valence-electron chi connectivity index (χ0n) is 12.2. The zero-order chi connectivity index (χ0) is 15.6. The van der Waals surface area contributed by atoms with Crippen molar-refractivity contribution >= 4 is 5.91 Å². The fourth-order valence-electron chi connectivity index (χ4n) is 2.12. The maximum atomic E-state index is 13.6. The predicted octanol–water partition coefficient (Wildman–Crippen LogP) is 4.07. The lowest BCUT2D eigenvalue weighted by Crippen LogP contribution is -2.27. The van der Waals surface area contributed by atoms with Crippen molar-refractivity contribution in [1.29, 1.82) is 0 Å². The lowest BCUT2D eigenvalue weighted by atomic mass is 10.0. The third-order valence-corrected chi connectivity index (χ3v) is 3.48. The van der Waals surface area contributed by atoms with Gasteiger partial charge in [-0.15, -0.1) is 0 Å². The molecule has 0 saturated heterocycles. The van der Waals surface area contributed by atoms with Gasteiger partial charge in [0.25, 0.3) is 5.91 Å². The largest absolute Gasteiger partial charge is 0.346 e. The number of benzene rings is 2. The third kappa shape index (κ3) is 3.45. The first-order valence-electron chi connectivity index (χ1n) is 6.71. The van der Waals surface area contributed by atoms with E-state index in [1.165, 1.54) is 24.3 Å². The summed E-state index contributed by atoms with van der Waals surface area (Å²) in [6.07, 6.45) is 0. The second-order valence-corrected chi connectivity index (χ2v) is 5.16. The monoisotopic (exact) mass is 289 g/mol. The van der Waals surface area contributed by atoms with Crippen molar-refractivity contribution in [3.8, 4) is 0 Å². The highest BCUT2D eigenvalue weighted by molar-refractivity contribution is 5.95. The summed E-state index contributed by atoms with van der Waals surface area (Å²) in [7, 11) is 0. The minimum absolute atomic E-state index is 0.299. The Labute approximate surface area is 122 Å². The molecule has 0 aliphatic heterocycles. The van der Waals surface area contributed by atoms with Gasteiger partial charge in [-0.05, 0) is 61.7 Å². The summed E-state index contributed by atoms with van der Waals surface area (Å²) >= 11 is 0. The van der Waals surface area contributed by atoms with Crippen LogP contribution in [0.15, 0.2) is 36.4 Å². The molecule has 0 spiro atoms. The summed E-state index contributed by atoms with van der Waals surface area (Å²) in [5.74, 6) is -0.981. The molecule has 110 valence electrons. The van der Waals surface area contributed by atoms with E-state index in [0.29, 0.717) is 22.3 Å². The Bertz CT molecular complexity index is 682. The number of nitrogens with one attached hydrogen (secondary N) is 1. The summed E-state index contributed by atoms with van der Waals surface area (Å²) in [6.45, 7) is 5.14. The maximum absolute atomic E-state index is 13.6. The van der Waals surface area contributed by atoms with E-state index < -0.39 is 0 Å². The Hall–Kier alpha value is -2.23. The summed E-state index contributed by atoms with van der Waals surface area (Å²) in [5.41, 5.74) is 2.23. The van der Waals surface area contributed by atoms with Crippen molar-refractivity contribution in [3.05, 3.63) is 70.3 Å². The van der Waals surface area contributed by atoms with Crippen LogP contribution in [0, 0.1) is 25.5 Å². The third-order valence-electron chi connectivity index (χ3n) is 3.48. The van der Waals surface area contributed by atoms with Crippen molar-refractivity contribution in [1.82, 2.24) is 5.32 Å². The average Bonchev–Trinajstić information content (AvgIpc) is 2.41. The van der Waals surface area contributed by atoms with E-state index in [-0.39, 0.29) is 23.6 Å². The molecule has 2 aromatic carbocycles. The number of rotatable bonds is 3. The Balaban J connectivity index is 2.16. The normalized spacial score (nSPS) is 12.0. The van der Waals surface area contributed by atoms with Gasteiger partial charge in [0.2, 0.25) is 0 Å². The van der Waals surface area contributed by atoms with Crippen LogP contribution in [0.3, 0.4) is 0 Å². The predicted molar refractivity (Wildman–Crippen MR) is 78.2 cm³/mol. The van der Waals surface area contributed by atoms with Crippen molar-refractivity contribution in [2.75, 3.05) is 0 Å². The van der Waals surface area contributed by atoms with Gasteiger partial charge in [-0.25, -0.2) is 8.78 Å². The fourth-order valence-corrected chi connectivity index (χ4v) is 2.12. The molecule has 1 amide bonds. The summed E-state index contributed by atoms with van der Waals surface area (Å²) in [5, 5.41) is 2.79. The van der Waals surface area contributed by atoms with Crippen LogP contribution < -0.4 is 5.32 Å². The second-order valence-electron chi connectivity index (χ2n) is 5.16. The first-order valence-corrected chi connectivity index (χ1v) is 6.71. The van der Waals surface area contributed by atoms with Crippen molar-refractivity contribution in [3.63, 3.8) is 0 Å². The minimum atomic E-state index is -0.377.